The largest absolute Gasteiger partial charge is 0.398 e. The molecule has 1 aliphatic heterocycles. The van der Waals surface area contributed by atoms with Gasteiger partial charge in [-0.05, 0) is 51.7 Å². The minimum absolute atomic E-state index is 0.0994. The van der Waals surface area contributed by atoms with Crippen molar-refractivity contribution in [2.45, 2.75) is 19.5 Å². The van der Waals surface area contributed by atoms with E-state index in [9.17, 15) is 8.78 Å². The molecule has 2 N–H and O–H groups in total. The van der Waals surface area contributed by atoms with E-state index in [0.29, 0.717) is 6.54 Å². The Morgan fingerprint density at radius 1 is 1.19 bits per heavy atom. The van der Waals surface area contributed by atoms with Crippen LogP contribution in [0.25, 0.3) is 0 Å². The highest BCUT2D eigenvalue weighted by Crippen LogP contribution is 2.28. The second-order valence-electron chi connectivity index (χ2n) is 5.27. The van der Waals surface area contributed by atoms with Gasteiger partial charge in [-0.2, -0.15) is 0 Å². The number of nitrogen functional groups attached to an aromatic ring is 1. The highest BCUT2D eigenvalue weighted by molar-refractivity contribution is 9.10. The molecule has 0 saturated carbocycles. The minimum atomic E-state index is -0.526. The smallest absolute Gasteiger partial charge is 0.144 e. The summed E-state index contributed by atoms with van der Waals surface area (Å²) in [5.74, 6) is -1.04. The van der Waals surface area contributed by atoms with Crippen LogP contribution in [0.2, 0.25) is 0 Å². The Morgan fingerprint density at radius 2 is 2.00 bits per heavy atom. The Morgan fingerprint density at radius 3 is 2.81 bits per heavy atom. The number of hydrogen-bond acceptors (Lipinski definition) is 2. The van der Waals surface area contributed by atoms with E-state index in [-0.39, 0.29) is 16.6 Å². The lowest BCUT2D eigenvalue weighted by atomic mass is 9.97. The number of nitrogens with zero attached hydrogens (tertiary/aromatic N) is 1. The van der Waals surface area contributed by atoms with Gasteiger partial charge in [0.05, 0.1) is 4.47 Å². The fourth-order valence-electron chi connectivity index (χ4n) is 2.74. The number of anilines is 1. The van der Waals surface area contributed by atoms with Crippen LogP contribution in [0.3, 0.4) is 0 Å². The van der Waals surface area contributed by atoms with Crippen LogP contribution in [0.4, 0.5) is 14.5 Å². The van der Waals surface area contributed by atoms with Crippen molar-refractivity contribution in [1.29, 1.82) is 0 Å². The number of benzene rings is 2. The molecule has 0 aliphatic carbocycles. The molecular weight excluding hydrogens is 338 g/mol. The average Bonchev–Trinajstić information content (AvgIpc) is 2.48. The van der Waals surface area contributed by atoms with Crippen molar-refractivity contribution in [3.63, 3.8) is 0 Å². The molecule has 2 aromatic rings. The van der Waals surface area contributed by atoms with Gasteiger partial charge in [0.25, 0.3) is 0 Å². The first-order valence-electron chi connectivity index (χ1n) is 6.77. The van der Waals surface area contributed by atoms with Crippen LogP contribution in [0.1, 0.15) is 16.7 Å². The van der Waals surface area contributed by atoms with Crippen molar-refractivity contribution in [2.75, 3.05) is 12.3 Å². The summed E-state index contributed by atoms with van der Waals surface area (Å²) in [5.41, 5.74) is 9.13. The molecule has 110 valence electrons. The van der Waals surface area contributed by atoms with Gasteiger partial charge < -0.3 is 5.73 Å². The molecule has 0 unspecified atom stereocenters. The molecule has 1 aliphatic rings. The molecule has 0 atom stereocenters. The quantitative estimate of drug-likeness (QED) is 0.656. The van der Waals surface area contributed by atoms with Crippen LogP contribution in [-0.4, -0.2) is 11.4 Å². The Balaban J connectivity index is 1.85. The maximum atomic E-state index is 14.1. The summed E-state index contributed by atoms with van der Waals surface area (Å²) in [6.07, 6.45) is 0.845. The maximum Gasteiger partial charge on any atom is 0.144 e. The number of nitrogens with two attached hydrogens (primary N) is 1. The molecule has 21 heavy (non-hydrogen) atoms. The van der Waals surface area contributed by atoms with Gasteiger partial charge in [-0.1, -0.05) is 12.1 Å². The first-order chi connectivity index (χ1) is 10.1. The lowest BCUT2D eigenvalue weighted by Gasteiger charge is -2.29. The highest BCUT2D eigenvalue weighted by Gasteiger charge is 2.21. The Labute approximate surface area is 130 Å². The number of rotatable bonds is 2. The molecule has 3 rings (SSSR count). The lowest BCUT2D eigenvalue weighted by Crippen LogP contribution is -2.31. The first-order valence-corrected chi connectivity index (χ1v) is 7.56. The minimum Gasteiger partial charge on any atom is -0.398 e. The first kappa shape index (κ1) is 14.5. The third-order valence-electron chi connectivity index (χ3n) is 3.91. The Kier molecular flexibility index (Phi) is 3.95. The van der Waals surface area contributed by atoms with Crippen molar-refractivity contribution < 1.29 is 8.78 Å². The van der Waals surface area contributed by atoms with E-state index >= 15 is 0 Å². The van der Waals surface area contributed by atoms with Crippen LogP contribution < -0.4 is 5.73 Å². The monoisotopic (exact) mass is 352 g/mol. The Hall–Kier alpha value is -1.46. The number of halogens is 3. The molecule has 0 amide bonds. The van der Waals surface area contributed by atoms with E-state index in [2.05, 4.69) is 22.0 Å². The summed E-state index contributed by atoms with van der Waals surface area (Å²) in [7, 11) is 0. The molecule has 0 saturated heterocycles. The van der Waals surface area contributed by atoms with Gasteiger partial charge in [-0.3, -0.25) is 4.90 Å². The topological polar surface area (TPSA) is 29.3 Å². The molecule has 2 nitrogen and oxygen atoms in total. The third-order valence-corrected chi connectivity index (χ3v) is 4.52. The van der Waals surface area contributed by atoms with E-state index in [1.54, 1.807) is 0 Å². The molecule has 5 heteroatoms. The lowest BCUT2D eigenvalue weighted by molar-refractivity contribution is 0.239. The zero-order chi connectivity index (χ0) is 15.0. The van der Waals surface area contributed by atoms with E-state index in [1.165, 1.54) is 17.7 Å². The van der Waals surface area contributed by atoms with E-state index in [4.69, 9.17) is 5.73 Å². The molecule has 0 fully saturated rings. The van der Waals surface area contributed by atoms with Crippen molar-refractivity contribution >= 4 is 21.6 Å². The predicted octanol–water partition coefficient (Wildman–Crippen LogP) is 3.87. The summed E-state index contributed by atoms with van der Waals surface area (Å²) in [6, 6.07) is 8.54. The molecule has 0 bridgehead atoms. The summed E-state index contributed by atoms with van der Waals surface area (Å²) in [6.45, 7) is 1.63. The van der Waals surface area contributed by atoms with Crippen LogP contribution in [0.15, 0.2) is 34.8 Å². The molecular formula is C16H15BrF2N2. The normalized spacial score (nSPS) is 15.0. The molecule has 0 spiro atoms. The van der Waals surface area contributed by atoms with Crippen LogP contribution in [0.5, 0.6) is 0 Å². The van der Waals surface area contributed by atoms with E-state index in [1.807, 2.05) is 17.0 Å². The zero-order valence-corrected chi connectivity index (χ0v) is 13.0. The average molecular weight is 353 g/mol. The van der Waals surface area contributed by atoms with Gasteiger partial charge in [-0.25, -0.2) is 8.78 Å². The second kappa shape index (κ2) is 5.73. The van der Waals surface area contributed by atoms with Gasteiger partial charge in [0.1, 0.15) is 11.6 Å². The van der Waals surface area contributed by atoms with Gasteiger partial charge in [0, 0.05) is 30.9 Å². The predicted molar refractivity (Wildman–Crippen MR) is 82.7 cm³/mol. The highest BCUT2D eigenvalue weighted by atomic mass is 79.9. The van der Waals surface area contributed by atoms with Gasteiger partial charge in [0.15, 0.2) is 0 Å². The fraction of sp³-hybridized carbons (Fsp3) is 0.250. The zero-order valence-electron chi connectivity index (χ0n) is 11.4. The number of hydrogen-bond donors (Lipinski definition) is 1. The van der Waals surface area contributed by atoms with Crippen molar-refractivity contribution in [3.8, 4) is 0 Å². The van der Waals surface area contributed by atoms with Gasteiger partial charge in [-0.15, -0.1) is 0 Å². The molecule has 1 heterocycles. The standard InChI is InChI=1S/C16H15BrF2N2/c17-13-4-5-14(18)12(16(13)19)9-21-7-6-10-2-1-3-15(20)11(10)8-21/h1-5H,6-9,20H2. The van der Waals surface area contributed by atoms with Gasteiger partial charge in [0.2, 0.25) is 0 Å². The third kappa shape index (κ3) is 2.80. The summed E-state index contributed by atoms with van der Waals surface area (Å²) >= 11 is 3.10. The molecule has 0 radical (unpaired) electrons. The van der Waals surface area contributed by atoms with Crippen molar-refractivity contribution in [1.82, 2.24) is 4.90 Å². The van der Waals surface area contributed by atoms with Crippen molar-refractivity contribution in [3.05, 3.63) is 63.1 Å². The summed E-state index contributed by atoms with van der Waals surface area (Å²) in [5, 5.41) is 0. The second-order valence-corrected chi connectivity index (χ2v) is 6.12. The van der Waals surface area contributed by atoms with E-state index < -0.39 is 11.6 Å². The van der Waals surface area contributed by atoms with Crippen LogP contribution >= 0.6 is 15.9 Å². The Bertz CT molecular complexity index is 688. The summed E-state index contributed by atoms with van der Waals surface area (Å²) in [4.78, 5) is 2.02. The molecule has 0 aromatic heterocycles. The number of fused-ring (bicyclic) bond motifs is 1. The van der Waals surface area contributed by atoms with Gasteiger partial charge >= 0.3 is 0 Å². The molecule has 2 aromatic carbocycles. The summed E-state index contributed by atoms with van der Waals surface area (Å²) < 4.78 is 28.2. The SMILES string of the molecule is Nc1cccc2c1CN(Cc1c(F)ccc(Br)c1F)CC2. The van der Waals surface area contributed by atoms with Crippen LogP contribution in [-0.2, 0) is 19.5 Å². The van der Waals surface area contributed by atoms with Crippen molar-refractivity contribution in [2.24, 2.45) is 0 Å². The fourth-order valence-corrected chi connectivity index (χ4v) is 3.11. The van der Waals surface area contributed by atoms with Crippen LogP contribution in [0, 0.1) is 11.6 Å². The van der Waals surface area contributed by atoms with E-state index in [0.717, 1.165) is 24.2 Å². The maximum absolute atomic E-state index is 14.1.